The summed E-state index contributed by atoms with van der Waals surface area (Å²) in [6.45, 7) is 2.36. The number of fused-ring (bicyclic) bond motifs is 1. The molecular weight excluding hydrogens is 467 g/mol. The smallest absolute Gasteiger partial charge is 0.264 e. The number of hydrogen-bond acceptors (Lipinski definition) is 4. The molecule has 1 atom stereocenters. The lowest BCUT2D eigenvalue weighted by atomic mass is 10.1. The van der Waals surface area contributed by atoms with Crippen LogP contribution in [0.15, 0.2) is 71.6 Å². The molecule has 3 aromatic carbocycles. The highest BCUT2D eigenvalue weighted by Gasteiger charge is 2.30. The van der Waals surface area contributed by atoms with Crippen LogP contribution in [0.2, 0.25) is 5.02 Å². The third-order valence-electron chi connectivity index (χ3n) is 5.31. The van der Waals surface area contributed by atoms with Crippen molar-refractivity contribution in [3.63, 3.8) is 0 Å². The average Bonchev–Trinajstić information content (AvgIpc) is 2.91. The second kappa shape index (κ2) is 9.41. The molecular formula is C24H22ClFN2O4S. The predicted octanol–water partition coefficient (Wildman–Crippen LogP) is 4.98. The van der Waals surface area contributed by atoms with Crippen molar-refractivity contribution in [1.29, 1.82) is 0 Å². The molecule has 0 spiro atoms. The van der Waals surface area contributed by atoms with Crippen LogP contribution in [0.1, 0.15) is 24.5 Å². The van der Waals surface area contributed by atoms with E-state index in [-0.39, 0.29) is 29.7 Å². The Hall–Kier alpha value is -3.10. The van der Waals surface area contributed by atoms with E-state index in [2.05, 4.69) is 4.72 Å². The fourth-order valence-corrected chi connectivity index (χ4v) is 4.78. The highest BCUT2D eigenvalue weighted by atomic mass is 35.5. The van der Waals surface area contributed by atoms with Crippen molar-refractivity contribution >= 4 is 33.2 Å². The fraction of sp³-hybridized carbons (Fsp3) is 0.208. The van der Waals surface area contributed by atoms with Gasteiger partial charge in [0.2, 0.25) is 0 Å². The number of nitrogens with one attached hydrogen (secondary N) is 1. The summed E-state index contributed by atoms with van der Waals surface area (Å²) in [5, 5.41) is 0.438. The molecule has 1 amide bonds. The summed E-state index contributed by atoms with van der Waals surface area (Å²) in [4.78, 5) is 14.8. The minimum Gasteiger partial charge on any atom is -0.480 e. The monoisotopic (exact) mass is 488 g/mol. The van der Waals surface area contributed by atoms with E-state index in [1.54, 1.807) is 35.2 Å². The molecule has 172 valence electrons. The van der Waals surface area contributed by atoms with Gasteiger partial charge in [-0.3, -0.25) is 9.52 Å². The second-order valence-electron chi connectivity index (χ2n) is 7.72. The van der Waals surface area contributed by atoms with Crippen LogP contribution in [0.5, 0.6) is 5.75 Å². The molecule has 0 radical (unpaired) electrons. The maximum absolute atomic E-state index is 13.3. The summed E-state index contributed by atoms with van der Waals surface area (Å²) in [5.41, 5.74) is 1.79. The molecule has 1 aliphatic rings. The van der Waals surface area contributed by atoms with E-state index in [0.717, 1.165) is 5.56 Å². The van der Waals surface area contributed by atoms with E-state index in [1.165, 1.54) is 36.4 Å². The van der Waals surface area contributed by atoms with Gasteiger partial charge in [0.1, 0.15) is 11.6 Å². The number of sulfonamides is 1. The van der Waals surface area contributed by atoms with Gasteiger partial charge in [-0.2, -0.15) is 0 Å². The van der Waals surface area contributed by atoms with E-state index in [9.17, 15) is 17.6 Å². The van der Waals surface area contributed by atoms with Crippen LogP contribution >= 0.6 is 11.6 Å². The van der Waals surface area contributed by atoms with E-state index in [1.807, 2.05) is 6.92 Å². The zero-order chi connectivity index (χ0) is 23.6. The standard InChI is InChI=1S/C24H22ClFN2O4S/c1-2-22-24(29)28(14-16-3-7-19(26)8-4-16)15-17-13-20(9-12-23(17)32-22)27-33(30,31)21-10-5-18(25)6-11-21/h3-13,22,27H,2,14-15H2,1H3/t22-/m0/s1. The molecule has 0 bridgehead atoms. The Balaban J connectivity index is 1.62. The average molecular weight is 489 g/mol. The lowest BCUT2D eigenvalue weighted by Gasteiger charge is -2.23. The number of ether oxygens (including phenoxy) is 1. The van der Waals surface area contributed by atoms with E-state index in [0.29, 0.717) is 28.4 Å². The van der Waals surface area contributed by atoms with Crippen LogP contribution in [-0.2, 0) is 27.9 Å². The van der Waals surface area contributed by atoms with E-state index in [4.69, 9.17) is 16.3 Å². The molecule has 1 heterocycles. The van der Waals surface area contributed by atoms with Gasteiger partial charge in [-0.25, -0.2) is 12.8 Å². The molecule has 0 fully saturated rings. The Morgan fingerprint density at radius 1 is 1.09 bits per heavy atom. The number of hydrogen-bond donors (Lipinski definition) is 1. The molecule has 9 heteroatoms. The van der Waals surface area contributed by atoms with Crippen LogP contribution in [-0.4, -0.2) is 25.3 Å². The largest absolute Gasteiger partial charge is 0.480 e. The van der Waals surface area contributed by atoms with Crippen LogP contribution in [0, 0.1) is 5.82 Å². The van der Waals surface area contributed by atoms with Crippen LogP contribution in [0.25, 0.3) is 0 Å². The summed E-state index contributed by atoms with van der Waals surface area (Å²) in [5.74, 6) is -0.00811. The number of nitrogens with zero attached hydrogens (tertiary/aromatic N) is 1. The summed E-state index contributed by atoms with van der Waals surface area (Å²) >= 11 is 5.85. The van der Waals surface area contributed by atoms with Gasteiger partial charge in [0.05, 0.1) is 4.90 Å². The quantitative estimate of drug-likeness (QED) is 0.531. The van der Waals surface area contributed by atoms with Crippen molar-refractivity contribution in [3.8, 4) is 5.75 Å². The summed E-state index contributed by atoms with van der Waals surface area (Å²) < 4.78 is 47.3. The van der Waals surface area contributed by atoms with E-state index < -0.39 is 16.1 Å². The molecule has 6 nitrogen and oxygen atoms in total. The molecule has 4 rings (SSSR count). The molecule has 1 aliphatic heterocycles. The van der Waals surface area contributed by atoms with Gasteiger partial charge in [0.15, 0.2) is 6.10 Å². The first-order valence-corrected chi connectivity index (χ1v) is 12.2. The lowest BCUT2D eigenvalue weighted by Crippen LogP contribution is -2.38. The van der Waals surface area contributed by atoms with Crippen molar-refractivity contribution in [2.24, 2.45) is 0 Å². The maximum Gasteiger partial charge on any atom is 0.264 e. The Morgan fingerprint density at radius 2 is 1.79 bits per heavy atom. The molecule has 0 aliphatic carbocycles. The number of benzene rings is 3. The maximum atomic E-state index is 13.3. The third-order valence-corrected chi connectivity index (χ3v) is 6.96. The van der Waals surface area contributed by atoms with Crippen molar-refractivity contribution in [1.82, 2.24) is 4.90 Å². The van der Waals surface area contributed by atoms with Gasteiger partial charge < -0.3 is 9.64 Å². The predicted molar refractivity (Wildman–Crippen MR) is 124 cm³/mol. The molecule has 3 aromatic rings. The third kappa shape index (κ3) is 5.29. The first-order chi connectivity index (χ1) is 15.7. The number of carbonyl (C=O) groups is 1. The van der Waals surface area contributed by atoms with Gasteiger partial charge in [-0.15, -0.1) is 0 Å². The first kappa shape index (κ1) is 23.1. The zero-order valence-corrected chi connectivity index (χ0v) is 19.4. The number of amides is 1. The van der Waals surface area contributed by atoms with Gasteiger partial charge in [-0.1, -0.05) is 30.7 Å². The Morgan fingerprint density at radius 3 is 2.45 bits per heavy atom. The van der Waals surface area contributed by atoms with E-state index >= 15 is 0 Å². The summed E-state index contributed by atoms with van der Waals surface area (Å²) in [6.07, 6.45) is -0.188. The molecule has 33 heavy (non-hydrogen) atoms. The van der Waals surface area contributed by atoms with Gasteiger partial charge in [0, 0.05) is 29.4 Å². The Labute approximate surface area is 197 Å². The molecule has 1 N–H and O–H groups in total. The minimum absolute atomic E-state index is 0.0808. The van der Waals surface area contributed by atoms with Gasteiger partial charge >= 0.3 is 0 Å². The molecule has 0 aromatic heterocycles. The topological polar surface area (TPSA) is 75.7 Å². The number of anilines is 1. The van der Waals surface area contributed by atoms with Crippen LogP contribution < -0.4 is 9.46 Å². The number of rotatable bonds is 6. The Bertz CT molecular complexity index is 1260. The highest BCUT2D eigenvalue weighted by Crippen LogP contribution is 2.31. The Kier molecular flexibility index (Phi) is 6.58. The highest BCUT2D eigenvalue weighted by molar-refractivity contribution is 7.92. The fourth-order valence-electron chi connectivity index (χ4n) is 3.60. The van der Waals surface area contributed by atoms with Gasteiger partial charge in [-0.05, 0) is 66.6 Å². The number of carbonyl (C=O) groups excluding carboxylic acids is 1. The number of halogens is 2. The lowest BCUT2D eigenvalue weighted by molar-refractivity contribution is -0.139. The second-order valence-corrected chi connectivity index (χ2v) is 9.84. The molecule has 0 saturated heterocycles. The SMILES string of the molecule is CC[C@@H]1Oc2ccc(NS(=O)(=O)c3ccc(Cl)cc3)cc2CN(Cc2ccc(F)cc2)C1=O. The summed E-state index contributed by atoms with van der Waals surface area (Å²) in [7, 11) is -3.82. The first-order valence-electron chi connectivity index (χ1n) is 10.4. The van der Waals surface area contributed by atoms with Crippen molar-refractivity contribution in [2.45, 2.75) is 37.4 Å². The van der Waals surface area contributed by atoms with Crippen molar-refractivity contribution in [3.05, 3.63) is 88.7 Å². The van der Waals surface area contributed by atoms with Crippen LogP contribution in [0.4, 0.5) is 10.1 Å². The summed E-state index contributed by atoms with van der Waals surface area (Å²) in [6, 6.07) is 16.7. The van der Waals surface area contributed by atoms with Gasteiger partial charge in [0.25, 0.3) is 15.9 Å². The van der Waals surface area contributed by atoms with Crippen LogP contribution in [0.3, 0.4) is 0 Å². The molecule has 0 unspecified atom stereocenters. The van der Waals surface area contributed by atoms with Crippen molar-refractivity contribution in [2.75, 3.05) is 4.72 Å². The zero-order valence-electron chi connectivity index (χ0n) is 17.8. The minimum atomic E-state index is -3.82. The van der Waals surface area contributed by atoms with Crippen molar-refractivity contribution < 1.29 is 22.3 Å². The molecule has 0 saturated carbocycles. The normalized spacial score (nSPS) is 16.0.